The van der Waals surface area contributed by atoms with Crippen molar-refractivity contribution in [2.75, 3.05) is 25.1 Å². The Morgan fingerprint density at radius 2 is 2.12 bits per heavy atom. The molecular formula is C11H17Cl2N3O. The Balaban J connectivity index is 2.68. The molecule has 0 aliphatic rings. The second-order valence-electron chi connectivity index (χ2n) is 3.94. The molecule has 0 aromatic carbocycles. The third-order valence-electron chi connectivity index (χ3n) is 2.24. The van der Waals surface area contributed by atoms with Gasteiger partial charge in [-0.15, -0.1) is 11.6 Å². The SMILES string of the molecule is CC(C)OCCN(C)c1ncnc(Cl)c1CCl. The number of hydrogen-bond donors (Lipinski definition) is 0. The Bertz CT molecular complexity index is 361. The zero-order chi connectivity index (χ0) is 12.8. The number of anilines is 1. The minimum atomic E-state index is 0.227. The fourth-order valence-corrected chi connectivity index (χ4v) is 1.87. The molecule has 0 aliphatic heterocycles. The Morgan fingerprint density at radius 1 is 1.41 bits per heavy atom. The predicted octanol–water partition coefficient (Wildman–Crippen LogP) is 2.73. The molecule has 0 amide bonds. The summed E-state index contributed by atoms with van der Waals surface area (Å²) in [7, 11) is 1.93. The van der Waals surface area contributed by atoms with Crippen molar-refractivity contribution in [1.29, 1.82) is 0 Å². The van der Waals surface area contributed by atoms with Crippen LogP contribution in [0.15, 0.2) is 6.33 Å². The van der Waals surface area contributed by atoms with Crippen molar-refractivity contribution in [3.63, 3.8) is 0 Å². The van der Waals surface area contributed by atoms with Crippen molar-refractivity contribution in [2.24, 2.45) is 0 Å². The minimum Gasteiger partial charge on any atom is -0.377 e. The highest BCUT2D eigenvalue weighted by Gasteiger charge is 2.12. The molecule has 0 aliphatic carbocycles. The third kappa shape index (κ3) is 4.30. The lowest BCUT2D eigenvalue weighted by atomic mass is 10.3. The van der Waals surface area contributed by atoms with Crippen LogP contribution in [0.5, 0.6) is 0 Å². The maximum absolute atomic E-state index is 5.96. The van der Waals surface area contributed by atoms with Gasteiger partial charge in [0.15, 0.2) is 0 Å². The van der Waals surface area contributed by atoms with E-state index in [2.05, 4.69) is 9.97 Å². The minimum absolute atomic E-state index is 0.227. The van der Waals surface area contributed by atoms with Crippen molar-refractivity contribution >= 4 is 29.0 Å². The van der Waals surface area contributed by atoms with Crippen molar-refractivity contribution < 1.29 is 4.74 Å². The highest BCUT2D eigenvalue weighted by atomic mass is 35.5. The lowest BCUT2D eigenvalue weighted by Gasteiger charge is -2.21. The van der Waals surface area contributed by atoms with Gasteiger partial charge in [0.25, 0.3) is 0 Å². The van der Waals surface area contributed by atoms with E-state index < -0.39 is 0 Å². The van der Waals surface area contributed by atoms with Crippen LogP contribution in [-0.2, 0) is 10.6 Å². The molecule has 1 aromatic rings. The van der Waals surface area contributed by atoms with E-state index >= 15 is 0 Å². The second-order valence-corrected chi connectivity index (χ2v) is 4.57. The lowest BCUT2D eigenvalue weighted by Crippen LogP contribution is -2.26. The maximum atomic E-state index is 5.96. The summed E-state index contributed by atoms with van der Waals surface area (Å²) in [5, 5.41) is 0.404. The van der Waals surface area contributed by atoms with E-state index in [1.807, 2.05) is 25.8 Å². The smallest absolute Gasteiger partial charge is 0.138 e. The molecule has 0 fully saturated rings. The Labute approximate surface area is 112 Å². The fraction of sp³-hybridized carbons (Fsp3) is 0.636. The van der Waals surface area contributed by atoms with Crippen LogP contribution in [0.4, 0.5) is 5.82 Å². The molecule has 6 heteroatoms. The van der Waals surface area contributed by atoms with Crippen LogP contribution >= 0.6 is 23.2 Å². The van der Waals surface area contributed by atoms with Gasteiger partial charge in [-0.1, -0.05) is 11.6 Å². The maximum Gasteiger partial charge on any atom is 0.138 e. The summed E-state index contributed by atoms with van der Waals surface area (Å²) >= 11 is 11.8. The van der Waals surface area contributed by atoms with Gasteiger partial charge >= 0.3 is 0 Å². The van der Waals surface area contributed by atoms with Gasteiger partial charge in [-0.05, 0) is 13.8 Å². The average molecular weight is 278 g/mol. The quantitative estimate of drug-likeness (QED) is 0.592. The van der Waals surface area contributed by atoms with Crippen LogP contribution in [0.3, 0.4) is 0 Å². The summed E-state index contributed by atoms with van der Waals surface area (Å²) in [5.41, 5.74) is 0.753. The van der Waals surface area contributed by atoms with Gasteiger partial charge in [-0.2, -0.15) is 0 Å². The van der Waals surface area contributed by atoms with Crippen LogP contribution in [0.1, 0.15) is 19.4 Å². The molecule has 0 atom stereocenters. The zero-order valence-corrected chi connectivity index (χ0v) is 11.8. The van der Waals surface area contributed by atoms with E-state index in [9.17, 15) is 0 Å². The molecule has 0 N–H and O–H groups in total. The van der Waals surface area contributed by atoms with Crippen LogP contribution in [0.2, 0.25) is 5.15 Å². The molecule has 1 aromatic heterocycles. The summed E-state index contributed by atoms with van der Waals surface area (Å²) in [6.07, 6.45) is 1.66. The van der Waals surface area contributed by atoms with Gasteiger partial charge in [0.1, 0.15) is 17.3 Å². The van der Waals surface area contributed by atoms with Gasteiger partial charge in [0, 0.05) is 19.2 Å². The van der Waals surface area contributed by atoms with Gasteiger partial charge in [-0.25, -0.2) is 9.97 Å². The number of halogens is 2. The number of hydrogen-bond acceptors (Lipinski definition) is 4. The van der Waals surface area contributed by atoms with Gasteiger partial charge in [-0.3, -0.25) is 0 Å². The lowest BCUT2D eigenvalue weighted by molar-refractivity contribution is 0.0845. The van der Waals surface area contributed by atoms with Crippen molar-refractivity contribution in [1.82, 2.24) is 9.97 Å². The zero-order valence-electron chi connectivity index (χ0n) is 10.3. The number of rotatable bonds is 6. The number of likely N-dealkylation sites (N-methyl/N-ethyl adjacent to an activating group) is 1. The molecule has 0 radical (unpaired) electrons. The molecule has 0 bridgehead atoms. The van der Waals surface area contributed by atoms with Crippen molar-refractivity contribution in [3.8, 4) is 0 Å². The topological polar surface area (TPSA) is 38.2 Å². The van der Waals surface area contributed by atoms with E-state index in [-0.39, 0.29) is 6.10 Å². The molecule has 96 valence electrons. The Kier molecular flexibility index (Phi) is 5.95. The van der Waals surface area contributed by atoms with E-state index in [1.54, 1.807) is 0 Å². The summed E-state index contributed by atoms with van der Waals surface area (Å²) in [6, 6.07) is 0. The molecular weight excluding hydrogens is 261 g/mol. The monoisotopic (exact) mass is 277 g/mol. The second kappa shape index (κ2) is 6.99. The van der Waals surface area contributed by atoms with E-state index in [0.717, 1.165) is 17.9 Å². The Morgan fingerprint density at radius 3 is 2.71 bits per heavy atom. The normalized spacial score (nSPS) is 10.9. The summed E-state index contributed by atoms with van der Waals surface area (Å²) in [4.78, 5) is 10.1. The molecule has 0 saturated carbocycles. The fourth-order valence-electron chi connectivity index (χ4n) is 1.36. The molecule has 1 rings (SSSR count). The van der Waals surface area contributed by atoms with E-state index in [1.165, 1.54) is 6.33 Å². The van der Waals surface area contributed by atoms with Crippen LogP contribution in [0.25, 0.3) is 0 Å². The van der Waals surface area contributed by atoms with Gasteiger partial charge in [0.2, 0.25) is 0 Å². The largest absolute Gasteiger partial charge is 0.377 e. The predicted molar refractivity (Wildman–Crippen MR) is 71.0 cm³/mol. The van der Waals surface area contributed by atoms with Crippen LogP contribution < -0.4 is 4.90 Å². The Hall–Kier alpha value is -0.580. The van der Waals surface area contributed by atoms with Crippen LogP contribution in [0, 0.1) is 0 Å². The highest BCUT2D eigenvalue weighted by molar-refractivity contribution is 6.31. The number of nitrogens with zero attached hydrogens (tertiary/aromatic N) is 3. The number of ether oxygens (including phenoxy) is 1. The van der Waals surface area contributed by atoms with Gasteiger partial charge < -0.3 is 9.64 Å². The van der Waals surface area contributed by atoms with Crippen molar-refractivity contribution in [3.05, 3.63) is 17.0 Å². The van der Waals surface area contributed by atoms with Crippen LogP contribution in [-0.4, -0.2) is 36.3 Å². The first-order chi connectivity index (χ1) is 8.06. The van der Waals surface area contributed by atoms with Crippen molar-refractivity contribution in [2.45, 2.75) is 25.8 Å². The first-order valence-corrected chi connectivity index (χ1v) is 6.35. The van der Waals surface area contributed by atoms with E-state index in [4.69, 9.17) is 27.9 Å². The van der Waals surface area contributed by atoms with Gasteiger partial charge in [0.05, 0.1) is 18.6 Å². The molecule has 0 spiro atoms. The first kappa shape index (κ1) is 14.5. The number of aromatic nitrogens is 2. The summed E-state index contributed by atoms with van der Waals surface area (Å²) < 4.78 is 5.49. The third-order valence-corrected chi connectivity index (χ3v) is 2.84. The average Bonchev–Trinajstić information content (AvgIpc) is 2.28. The highest BCUT2D eigenvalue weighted by Crippen LogP contribution is 2.23. The summed E-state index contributed by atoms with van der Waals surface area (Å²) in [6.45, 7) is 5.38. The molecule has 17 heavy (non-hydrogen) atoms. The molecule has 1 heterocycles. The molecule has 0 saturated heterocycles. The first-order valence-electron chi connectivity index (χ1n) is 5.44. The standard InChI is InChI=1S/C11H17Cl2N3O/c1-8(2)17-5-4-16(3)11-9(6-12)10(13)14-7-15-11/h7-8H,4-6H2,1-3H3. The molecule has 0 unspecified atom stereocenters. The van der Waals surface area contributed by atoms with E-state index in [0.29, 0.717) is 17.6 Å². The number of alkyl halides is 1. The summed E-state index contributed by atoms with van der Waals surface area (Å²) in [5.74, 6) is 1.05. The molecule has 4 nitrogen and oxygen atoms in total.